The molecule has 5 heteroatoms. The Morgan fingerprint density at radius 3 is 2.41 bits per heavy atom. The summed E-state index contributed by atoms with van der Waals surface area (Å²) in [7, 11) is 0. The maximum atomic E-state index is 12.4. The van der Waals surface area contributed by atoms with Gasteiger partial charge in [0.1, 0.15) is 5.75 Å². The summed E-state index contributed by atoms with van der Waals surface area (Å²) in [5, 5.41) is 0. The van der Waals surface area contributed by atoms with Gasteiger partial charge in [-0.2, -0.15) is 0 Å². The Bertz CT molecular complexity index is 748. The highest BCUT2D eigenvalue weighted by Gasteiger charge is 2.20. The fourth-order valence-corrected chi connectivity index (χ4v) is 2.89. The van der Waals surface area contributed by atoms with Crippen molar-refractivity contribution in [2.45, 2.75) is 38.4 Å². The second kappa shape index (κ2) is 9.44. The van der Waals surface area contributed by atoms with Gasteiger partial charge in [-0.05, 0) is 50.5 Å². The molecule has 0 bridgehead atoms. The number of ether oxygens (including phenoxy) is 3. The second-order valence-corrected chi connectivity index (χ2v) is 6.60. The molecular weight excluding hydrogens is 344 g/mol. The zero-order valence-electron chi connectivity index (χ0n) is 15.4. The highest BCUT2D eigenvalue weighted by Crippen LogP contribution is 2.17. The minimum Gasteiger partial charge on any atom is -0.425 e. The molecule has 0 aliphatic carbocycles. The van der Waals surface area contributed by atoms with Crippen molar-refractivity contribution in [2.75, 3.05) is 13.2 Å². The van der Waals surface area contributed by atoms with E-state index in [2.05, 4.69) is 0 Å². The highest BCUT2D eigenvalue weighted by molar-refractivity contribution is 6.09. The summed E-state index contributed by atoms with van der Waals surface area (Å²) in [6, 6.07) is 15.6. The van der Waals surface area contributed by atoms with Crippen LogP contribution in [-0.4, -0.2) is 37.2 Å². The maximum absolute atomic E-state index is 12.4. The Kier molecular flexibility index (Phi) is 6.74. The lowest BCUT2D eigenvalue weighted by molar-refractivity contribution is -0.149. The van der Waals surface area contributed by atoms with Gasteiger partial charge in [-0.25, -0.2) is 4.79 Å². The zero-order chi connectivity index (χ0) is 19.1. The van der Waals surface area contributed by atoms with Gasteiger partial charge in [0.15, 0.2) is 11.9 Å². The molecule has 0 spiro atoms. The van der Waals surface area contributed by atoms with Crippen LogP contribution in [-0.2, 0) is 14.3 Å². The average Bonchev–Trinajstić information content (AvgIpc) is 2.73. The fraction of sp³-hybridized carbons (Fsp3) is 0.364. The topological polar surface area (TPSA) is 61.8 Å². The maximum Gasteiger partial charge on any atom is 0.340 e. The minimum absolute atomic E-state index is 0.0530. The van der Waals surface area contributed by atoms with E-state index in [0.29, 0.717) is 23.5 Å². The van der Waals surface area contributed by atoms with Gasteiger partial charge >= 0.3 is 5.97 Å². The van der Waals surface area contributed by atoms with Crippen LogP contribution in [0.25, 0.3) is 0 Å². The monoisotopic (exact) mass is 368 g/mol. The van der Waals surface area contributed by atoms with Crippen LogP contribution < -0.4 is 4.74 Å². The molecule has 1 heterocycles. The van der Waals surface area contributed by atoms with E-state index in [1.165, 1.54) is 0 Å². The smallest absolute Gasteiger partial charge is 0.340 e. The molecular formula is C22H24O5. The largest absolute Gasteiger partial charge is 0.425 e. The molecule has 0 amide bonds. The van der Waals surface area contributed by atoms with E-state index in [1.807, 2.05) is 18.2 Å². The Hall–Kier alpha value is -2.50. The predicted octanol–water partition coefficient (Wildman–Crippen LogP) is 3.80. The number of benzene rings is 2. The number of esters is 1. The van der Waals surface area contributed by atoms with Crippen LogP contribution in [0.3, 0.4) is 0 Å². The molecule has 1 aliphatic rings. The van der Waals surface area contributed by atoms with E-state index in [-0.39, 0.29) is 11.9 Å². The van der Waals surface area contributed by atoms with E-state index < -0.39 is 12.1 Å². The van der Waals surface area contributed by atoms with Crippen molar-refractivity contribution >= 4 is 11.8 Å². The van der Waals surface area contributed by atoms with Crippen LogP contribution in [0.15, 0.2) is 54.6 Å². The normalized spacial score (nSPS) is 17.9. The number of carbonyl (C=O) groups excluding carboxylic acids is 2. The van der Waals surface area contributed by atoms with E-state index in [1.54, 1.807) is 43.3 Å². The fourth-order valence-electron chi connectivity index (χ4n) is 2.89. The molecule has 27 heavy (non-hydrogen) atoms. The Morgan fingerprint density at radius 1 is 1.04 bits per heavy atom. The second-order valence-electron chi connectivity index (χ2n) is 6.60. The third-order valence-electron chi connectivity index (χ3n) is 4.51. The van der Waals surface area contributed by atoms with Gasteiger partial charge in [-0.1, -0.05) is 30.3 Å². The SMILES string of the molecule is CC(OCC1CCCCO1)C(=O)Oc1ccc(C(=O)c2ccccc2)cc1. The molecule has 142 valence electrons. The summed E-state index contributed by atoms with van der Waals surface area (Å²) in [6.45, 7) is 2.81. The van der Waals surface area contributed by atoms with Crippen molar-refractivity contribution in [2.24, 2.45) is 0 Å². The molecule has 1 aliphatic heterocycles. The van der Waals surface area contributed by atoms with Crippen molar-refractivity contribution in [3.8, 4) is 5.75 Å². The van der Waals surface area contributed by atoms with Crippen LogP contribution in [0, 0.1) is 0 Å². The van der Waals surface area contributed by atoms with Crippen molar-refractivity contribution in [1.29, 1.82) is 0 Å². The van der Waals surface area contributed by atoms with Crippen molar-refractivity contribution in [3.63, 3.8) is 0 Å². The standard InChI is InChI=1S/C22H24O5/c1-16(26-15-20-9-5-6-14-25-20)22(24)27-19-12-10-18(11-13-19)21(23)17-7-3-2-4-8-17/h2-4,7-8,10-13,16,20H,5-6,9,14-15H2,1H3. The summed E-state index contributed by atoms with van der Waals surface area (Å²) >= 11 is 0. The molecule has 3 rings (SSSR count). The molecule has 0 aromatic heterocycles. The van der Waals surface area contributed by atoms with Gasteiger partial charge in [0.05, 0.1) is 12.7 Å². The van der Waals surface area contributed by atoms with Crippen molar-refractivity contribution in [1.82, 2.24) is 0 Å². The van der Waals surface area contributed by atoms with Gasteiger partial charge < -0.3 is 14.2 Å². The number of carbonyl (C=O) groups is 2. The van der Waals surface area contributed by atoms with Crippen LogP contribution in [0.5, 0.6) is 5.75 Å². The average molecular weight is 368 g/mol. The van der Waals surface area contributed by atoms with E-state index in [9.17, 15) is 9.59 Å². The van der Waals surface area contributed by atoms with Crippen LogP contribution in [0.4, 0.5) is 0 Å². The summed E-state index contributed by atoms with van der Waals surface area (Å²) in [4.78, 5) is 24.6. The molecule has 0 radical (unpaired) electrons. The summed E-state index contributed by atoms with van der Waals surface area (Å²) in [5.74, 6) is -0.153. The first-order valence-electron chi connectivity index (χ1n) is 9.28. The highest BCUT2D eigenvalue weighted by atomic mass is 16.6. The Labute approximate surface area is 159 Å². The molecule has 2 unspecified atom stereocenters. The number of ketones is 1. The lowest BCUT2D eigenvalue weighted by Crippen LogP contribution is -2.31. The van der Waals surface area contributed by atoms with Crippen molar-refractivity contribution < 1.29 is 23.8 Å². The van der Waals surface area contributed by atoms with Crippen LogP contribution >= 0.6 is 0 Å². The molecule has 1 fully saturated rings. The molecule has 2 atom stereocenters. The molecule has 5 nitrogen and oxygen atoms in total. The Balaban J connectivity index is 1.51. The molecule has 2 aromatic rings. The zero-order valence-corrected chi connectivity index (χ0v) is 15.4. The quantitative estimate of drug-likeness (QED) is 0.423. The van der Waals surface area contributed by atoms with Gasteiger partial charge in [0, 0.05) is 17.7 Å². The van der Waals surface area contributed by atoms with E-state index in [0.717, 1.165) is 25.9 Å². The third kappa shape index (κ3) is 5.49. The van der Waals surface area contributed by atoms with Gasteiger partial charge in [0.25, 0.3) is 0 Å². The van der Waals surface area contributed by atoms with E-state index >= 15 is 0 Å². The number of hydrogen-bond acceptors (Lipinski definition) is 5. The molecule has 0 N–H and O–H groups in total. The van der Waals surface area contributed by atoms with E-state index in [4.69, 9.17) is 14.2 Å². The lowest BCUT2D eigenvalue weighted by Gasteiger charge is -2.23. The lowest BCUT2D eigenvalue weighted by atomic mass is 10.0. The minimum atomic E-state index is -0.679. The van der Waals surface area contributed by atoms with Gasteiger partial charge in [-0.15, -0.1) is 0 Å². The Morgan fingerprint density at radius 2 is 1.74 bits per heavy atom. The summed E-state index contributed by atoms with van der Waals surface area (Å²) in [6.07, 6.45) is 2.54. The van der Waals surface area contributed by atoms with Crippen LogP contribution in [0.1, 0.15) is 42.1 Å². The van der Waals surface area contributed by atoms with Gasteiger partial charge in [-0.3, -0.25) is 4.79 Å². The molecule has 0 saturated carbocycles. The van der Waals surface area contributed by atoms with Crippen molar-refractivity contribution in [3.05, 3.63) is 65.7 Å². The summed E-state index contributed by atoms with van der Waals surface area (Å²) < 4.78 is 16.5. The first kappa shape index (κ1) is 19.3. The third-order valence-corrected chi connectivity index (χ3v) is 4.51. The van der Waals surface area contributed by atoms with Gasteiger partial charge in [0.2, 0.25) is 0 Å². The first-order chi connectivity index (χ1) is 13.1. The number of rotatable bonds is 7. The summed E-state index contributed by atoms with van der Waals surface area (Å²) in [5.41, 5.74) is 1.16. The molecule has 2 aromatic carbocycles. The van der Waals surface area contributed by atoms with Crippen LogP contribution in [0.2, 0.25) is 0 Å². The predicted molar refractivity (Wildman–Crippen MR) is 101 cm³/mol. The number of hydrogen-bond donors (Lipinski definition) is 0. The molecule has 1 saturated heterocycles. The first-order valence-corrected chi connectivity index (χ1v) is 9.28.